The van der Waals surface area contributed by atoms with E-state index in [0.29, 0.717) is 17.8 Å². The first-order chi connectivity index (χ1) is 13.0. The third kappa shape index (κ3) is 3.58. The third-order valence-electron chi connectivity index (χ3n) is 4.65. The van der Waals surface area contributed by atoms with Crippen LogP contribution in [0, 0.1) is 5.82 Å². The summed E-state index contributed by atoms with van der Waals surface area (Å²) in [6, 6.07) is 10.4. The van der Waals surface area contributed by atoms with E-state index in [1.54, 1.807) is 23.5 Å². The maximum absolute atomic E-state index is 13.1. The van der Waals surface area contributed by atoms with E-state index in [1.807, 2.05) is 36.9 Å². The number of aromatic nitrogens is 2. The van der Waals surface area contributed by atoms with Gasteiger partial charge < -0.3 is 4.98 Å². The lowest BCUT2D eigenvalue weighted by Gasteiger charge is -2.24. The zero-order valence-corrected chi connectivity index (χ0v) is 16.5. The van der Waals surface area contributed by atoms with Crippen molar-refractivity contribution >= 4 is 32.9 Å². The van der Waals surface area contributed by atoms with Crippen molar-refractivity contribution in [3.8, 4) is 10.4 Å². The molecule has 0 spiro atoms. The summed E-state index contributed by atoms with van der Waals surface area (Å²) >= 11 is 3.10. The van der Waals surface area contributed by atoms with Crippen molar-refractivity contribution in [2.75, 3.05) is 7.05 Å². The Hall–Kier alpha value is -2.35. The molecule has 0 saturated heterocycles. The van der Waals surface area contributed by atoms with Gasteiger partial charge in [0.25, 0.3) is 5.56 Å². The van der Waals surface area contributed by atoms with Crippen molar-refractivity contribution in [1.29, 1.82) is 0 Å². The quantitative estimate of drug-likeness (QED) is 0.511. The summed E-state index contributed by atoms with van der Waals surface area (Å²) in [5.41, 5.74) is 1.84. The topological polar surface area (TPSA) is 49.0 Å². The van der Waals surface area contributed by atoms with Gasteiger partial charge in [0, 0.05) is 22.4 Å². The van der Waals surface area contributed by atoms with Gasteiger partial charge in [0.15, 0.2) is 0 Å². The third-order valence-corrected chi connectivity index (χ3v) is 6.43. The molecule has 0 aliphatic carbocycles. The van der Waals surface area contributed by atoms with Crippen LogP contribution in [0.25, 0.3) is 20.7 Å². The SMILES string of the molecule is C[C@@H](c1nc2scc(-c3cccs3)c2c(=O)[nH]1)N(C)Cc1ccc(F)cc1. The van der Waals surface area contributed by atoms with Crippen LogP contribution in [0.4, 0.5) is 4.39 Å². The maximum atomic E-state index is 13.1. The summed E-state index contributed by atoms with van der Waals surface area (Å²) in [5.74, 6) is 0.391. The molecule has 0 amide bonds. The molecule has 27 heavy (non-hydrogen) atoms. The first-order valence-electron chi connectivity index (χ1n) is 8.53. The molecule has 1 atom stereocenters. The summed E-state index contributed by atoms with van der Waals surface area (Å²) < 4.78 is 13.1. The van der Waals surface area contributed by atoms with Gasteiger partial charge in [-0.2, -0.15) is 0 Å². The van der Waals surface area contributed by atoms with Crippen molar-refractivity contribution in [2.45, 2.75) is 19.5 Å². The Labute approximate surface area is 163 Å². The van der Waals surface area contributed by atoms with Crippen LogP contribution in [0.15, 0.2) is 52.0 Å². The van der Waals surface area contributed by atoms with Gasteiger partial charge in [0.05, 0.1) is 11.4 Å². The van der Waals surface area contributed by atoms with Crippen molar-refractivity contribution in [3.05, 3.63) is 74.7 Å². The number of halogens is 1. The Bertz CT molecular complexity index is 1120. The number of nitrogens with one attached hydrogen (secondary N) is 1. The molecule has 3 heterocycles. The Balaban J connectivity index is 1.63. The number of fused-ring (bicyclic) bond motifs is 1. The Morgan fingerprint density at radius 2 is 2.00 bits per heavy atom. The van der Waals surface area contributed by atoms with Crippen LogP contribution in [0.2, 0.25) is 0 Å². The Morgan fingerprint density at radius 3 is 2.70 bits per heavy atom. The van der Waals surface area contributed by atoms with E-state index in [4.69, 9.17) is 4.98 Å². The summed E-state index contributed by atoms with van der Waals surface area (Å²) in [6.07, 6.45) is 0. The fourth-order valence-corrected chi connectivity index (χ4v) is 4.77. The smallest absolute Gasteiger partial charge is 0.260 e. The molecule has 4 nitrogen and oxygen atoms in total. The van der Waals surface area contributed by atoms with E-state index >= 15 is 0 Å². The lowest BCUT2D eigenvalue weighted by atomic mass is 10.1. The second-order valence-electron chi connectivity index (χ2n) is 6.48. The van der Waals surface area contributed by atoms with Crippen LogP contribution >= 0.6 is 22.7 Å². The molecular formula is C20H18FN3OS2. The predicted molar refractivity (Wildman–Crippen MR) is 110 cm³/mol. The molecule has 0 fully saturated rings. The molecule has 4 aromatic rings. The summed E-state index contributed by atoms with van der Waals surface area (Å²) in [6.45, 7) is 2.63. The van der Waals surface area contributed by atoms with E-state index in [0.717, 1.165) is 20.8 Å². The van der Waals surface area contributed by atoms with Gasteiger partial charge in [-0.3, -0.25) is 9.69 Å². The largest absolute Gasteiger partial charge is 0.309 e. The molecule has 3 aromatic heterocycles. The highest BCUT2D eigenvalue weighted by molar-refractivity contribution is 7.18. The normalized spacial score (nSPS) is 12.7. The average molecular weight is 400 g/mol. The molecule has 0 radical (unpaired) electrons. The minimum atomic E-state index is -0.245. The van der Waals surface area contributed by atoms with E-state index in [2.05, 4.69) is 9.88 Å². The van der Waals surface area contributed by atoms with Crippen LogP contribution in [0.3, 0.4) is 0 Å². The van der Waals surface area contributed by atoms with Gasteiger partial charge in [-0.05, 0) is 43.1 Å². The minimum Gasteiger partial charge on any atom is -0.309 e. The second kappa shape index (κ2) is 7.34. The maximum Gasteiger partial charge on any atom is 0.260 e. The highest BCUT2D eigenvalue weighted by Crippen LogP contribution is 2.34. The average Bonchev–Trinajstić information content (AvgIpc) is 3.32. The van der Waals surface area contributed by atoms with Crippen molar-refractivity contribution in [2.24, 2.45) is 0 Å². The predicted octanol–water partition coefficient (Wildman–Crippen LogP) is 5.05. The summed E-state index contributed by atoms with van der Waals surface area (Å²) in [5, 5.41) is 4.65. The number of hydrogen-bond acceptors (Lipinski definition) is 5. The van der Waals surface area contributed by atoms with E-state index in [1.165, 1.54) is 23.5 Å². The molecule has 0 saturated carbocycles. The minimum absolute atomic E-state index is 0.0839. The fraction of sp³-hybridized carbons (Fsp3) is 0.200. The molecule has 1 N–H and O–H groups in total. The van der Waals surface area contributed by atoms with Crippen LogP contribution < -0.4 is 5.56 Å². The highest BCUT2D eigenvalue weighted by atomic mass is 32.1. The molecule has 7 heteroatoms. The van der Waals surface area contributed by atoms with E-state index in [-0.39, 0.29) is 17.4 Å². The number of rotatable bonds is 5. The van der Waals surface area contributed by atoms with Crippen molar-refractivity contribution in [3.63, 3.8) is 0 Å². The first kappa shape index (κ1) is 18.0. The molecule has 0 aliphatic heterocycles. The van der Waals surface area contributed by atoms with Gasteiger partial charge in [-0.1, -0.05) is 18.2 Å². The van der Waals surface area contributed by atoms with Gasteiger partial charge in [-0.15, -0.1) is 22.7 Å². The molecule has 4 rings (SSSR count). The number of nitrogens with zero attached hydrogens (tertiary/aromatic N) is 2. The number of H-pyrrole nitrogens is 1. The molecule has 1 aromatic carbocycles. The second-order valence-corrected chi connectivity index (χ2v) is 8.28. The van der Waals surface area contributed by atoms with Crippen LogP contribution in [-0.4, -0.2) is 21.9 Å². The standard InChI is InChI=1S/C20H18FN3OS2/c1-12(24(2)10-13-5-7-14(21)8-6-13)18-22-19(25)17-15(11-27-20(17)23-18)16-4-3-9-26-16/h3-9,11-12H,10H2,1-2H3,(H,22,23,25)/t12-/m0/s1. The fourth-order valence-electron chi connectivity index (χ4n) is 3.00. The van der Waals surface area contributed by atoms with Gasteiger partial charge in [-0.25, -0.2) is 9.37 Å². The van der Waals surface area contributed by atoms with Gasteiger partial charge >= 0.3 is 0 Å². The molecule has 0 unspecified atom stereocenters. The number of thiophene rings is 2. The zero-order chi connectivity index (χ0) is 19.0. The van der Waals surface area contributed by atoms with Crippen LogP contribution in [0.1, 0.15) is 24.4 Å². The van der Waals surface area contributed by atoms with Gasteiger partial charge in [0.1, 0.15) is 16.5 Å². The molecule has 0 aliphatic rings. The molecular weight excluding hydrogens is 381 g/mol. The lowest BCUT2D eigenvalue weighted by molar-refractivity contribution is 0.244. The monoisotopic (exact) mass is 399 g/mol. The summed E-state index contributed by atoms with van der Waals surface area (Å²) in [4.78, 5) is 24.3. The Morgan fingerprint density at radius 1 is 1.22 bits per heavy atom. The van der Waals surface area contributed by atoms with E-state index < -0.39 is 0 Å². The van der Waals surface area contributed by atoms with Crippen LogP contribution in [0.5, 0.6) is 0 Å². The number of aromatic amines is 1. The molecule has 138 valence electrons. The van der Waals surface area contributed by atoms with Crippen molar-refractivity contribution < 1.29 is 4.39 Å². The zero-order valence-electron chi connectivity index (χ0n) is 14.9. The number of hydrogen-bond donors (Lipinski definition) is 1. The number of benzene rings is 1. The van der Waals surface area contributed by atoms with Crippen molar-refractivity contribution in [1.82, 2.24) is 14.9 Å². The molecule has 0 bridgehead atoms. The van der Waals surface area contributed by atoms with Crippen LogP contribution in [-0.2, 0) is 6.54 Å². The summed E-state index contributed by atoms with van der Waals surface area (Å²) in [7, 11) is 1.96. The van der Waals surface area contributed by atoms with E-state index in [9.17, 15) is 9.18 Å². The lowest BCUT2D eigenvalue weighted by Crippen LogP contribution is -2.25. The highest BCUT2D eigenvalue weighted by Gasteiger charge is 2.19. The Kier molecular flexibility index (Phi) is 4.90. The first-order valence-corrected chi connectivity index (χ1v) is 10.3. The van der Waals surface area contributed by atoms with Gasteiger partial charge in [0.2, 0.25) is 0 Å².